The Labute approximate surface area is 130 Å². The second-order valence-electron chi connectivity index (χ2n) is 5.40. The first kappa shape index (κ1) is 16.1. The lowest BCUT2D eigenvalue weighted by Crippen LogP contribution is -2.34. The van der Waals surface area contributed by atoms with Crippen molar-refractivity contribution in [3.8, 4) is 0 Å². The summed E-state index contributed by atoms with van der Waals surface area (Å²) < 4.78 is 0. The van der Waals surface area contributed by atoms with Crippen molar-refractivity contribution in [2.24, 2.45) is 0 Å². The lowest BCUT2D eigenvalue weighted by Gasteiger charge is -2.29. The Morgan fingerprint density at radius 2 is 1.73 bits per heavy atom. The third kappa shape index (κ3) is 3.69. The molecule has 0 radical (unpaired) electrons. The topological polar surface area (TPSA) is 66.6 Å². The van der Waals surface area contributed by atoms with Gasteiger partial charge < -0.3 is 5.11 Å². The molecule has 0 aliphatic rings. The smallest absolute Gasteiger partial charge is 0.273 e. The first-order valence-corrected chi connectivity index (χ1v) is 7.16. The fourth-order valence-corrected chi connectivity index (χ4v) is 2.41. The zero-order chi connectivity index (χ0) is 16.1. The van der Waals surface area contributed by atoms with Gasteiger partial charge in [-0.05, 0) is 19.5 Å². The van der Waals surface area contributed by atoms with Crippen LogP contribution >= 0.6 is 0 Å². The molecule has 2 aromatic rings. The van der Waals surface area contributed by atoms with Crippen molar-refractivity contribution in [2.75, 3.05) is 7.05 Å². The van der Waals surface area contributed by atoms with Gasteiger partial charge in [0.2, 0.25) is 0 Å². The van der Waals surface area contributed by atoms with E-state index in [-0.39, 0.29) is 16.7 Å². The number of nitrogens with zero attached hydrogens (tertiary/aromatic N) is 2. The molecule has 0 amide bonds. The van der Waals surface area contributed by atoms with Crippen molar-refractivity contribution in [3.05, 3.63) is 75.8 Å². The van der Waals surface area contributed by atoms with Crippen LogP contribution in [0.2, 0.25) is 0 Å². The number of hydrogen-bond donors (Lipinski definition) is 1. The maximum Gasteiger partial charge on any atom is 0.273 e. The molecule has 5 nitrogen and oxygen atoms in total. The number of likely N-dealkylation sites (N-methyl/N-ethyl adjacent to an activating group) is 1. The summed E-state index contributed by atoms with van der Waals surface area (Å²) in [7, 11) is 1.85. The van der Waals surface area contributed by atoms with Crippen molar-refractivity contribution >= 4 is 5.69 Å². The Bertz CT molecular complexity index is 631. The van der Waals surface area contributed by atoms with Gasteiger partial charge in [-0.3, -0.25) is 15.0 Å². The van der Waals surface area contributed by atoms with Crippen LogP contribution < -0.4 is 0 Å². The summed E-state index contributed by atoms with van der Waals surface area (Å²) in [5, 5.41) is 21.5. The Hall–Kier alpha value is -2.24. The lowest BCUT2D eigenvalue weighted by molar-refractivity contribution is -0.385. The van der Waals surface area contributed by atoms with E-state index >= 15 is 0 Å². The van der Waals surface area contributed by atoms with E-state index in [4.69, 9.17) is 0 Å². The summed E-state index contributed by atoms with van der Waals surface area (Å²) in [6.07, 6.45) is -0.644. The second-order valence-corrected chi connectivity index (χ2v) is 5.40. The van der Waals surface area contributed by atoms with Gasteiger partial charge in [0, 0.05) is 24.2 Å². The average molecular weight is 300 g/mol. The monoisotopic (exact) mass is 300 g/mol. The molecule has 5 heteroatoms. The molecule has 116 valence electrons. The highest BCUT2D eigenvalue weighted by Gasteiger charge is 2.22. The van der Waals surface area contributed by atoms with Crippen LogP contribution in [-0.4, -0.2) is 28.0 Å². The number of rotatable bonds is 6. The molecular formula is C17H20N2O3. The minimum atomic E-state index is -0.644. The molecule has 0 aliphatic carbocycles. The van der Waals surface area contributed by atoms with Crippen LogP contribution in [-0.2, 0) is 6.54 Å². The van der Waals surface area contributed by atoms with Crippen LogP contribution in [0.25, 0.3) is 0 Å². The summed E-state index contributed by atoms with van der Waals surface area (Å²) >= 11 is 0. The van der Waals surface area contributed by atoms with Gasteiger partial charge in [0.25, 0.3) is 5.69 Å². The third-order valence-electron chi connectivity index (χ3n) is 3.90. The summed E-state index contributed by atoms with van der Waals surface area (Å²) in [6, 6.07) is 15.9. The Morgan fingerprint density at radius 3 is 2.36 bits per heavy atom. The summed E-state index contributed by atoms with van der Waals surface area (Å²) in [4.78, 5) is 12.6. The highest BCUT2D eigenvalue weighted by atomic mass is 16.6. The average Bonchev–Trinajstić information content (AvgIpc) is 2.54. The van der Waals surface area contributed by atoms with Crippen LogP contribution in [0.1, 0.15) is 24.2 Å². The van der Waals surface area contributed by atoms with E-state index in [1.807, 2.05) is 49.2 Å². The van der Waals surface area contributed by atoms with E-state index in [2.05, 4.69) is 0 Å². The lowest BCUT2D eigenvalue weighted by atomic mass is 10.0. The zero-order valence-corrected chi connectivity index (χ0v) is 12.7. The van der Waals surface area contributed by atoms with E-state index < -0.39 is 6.10 Å². The van der Waals surface area contributed by atoms with Gasteiger partial charge in [-0.1, -0.05) is 48.5 Å². The molecule has 0 heterocycles. The van der Waals surface area contributed by atoms with Gasteiger partial charge in [0.05, 0.1) is 11.0 Å². The molecular weight excluding hydrogens is 280 g/mol. The van der Waals surface area contributed by atoms with Crippen molar-refractivity contribution < 1.29 is 10.0 Å². The van der Waals surface area contributed by atoms with E-state index in [1.165, 1.54) is 6.07 Å². The minimum absolute atomic E-state index is 0.107. The predicted octanol–water partition coefficient (Wildman–Crippen LogP) is 3.15. The van der Waals surface area contributed by atoms with Crippen LogP contribution in [0.4, 0.5) is 5.69 Å². The van der Waals surface area contributed by atoms with Crippen molar-refractivity contribution in [1.82, 2.24) is 4.90 Å². The summed E-state index contributed by atoms with van der Waals surface area (Å²) in [6.45, 7) is 2.31. The van der Waals surface area contributed by atoms with Gasteiger partial charge in [-0.15, -0.1) is 0 Å². The molecule has 0 aromatic heterocycles. The molecule has 2 rings (SSSR count). The number of nitro groups is 1. The molecule has 2 atom stereocenters. The quantitative estimate of drug-likeness (QED) is 0.657. The fraction of sp³-hybridized carbons (Fsp3) is 0.294. The molecule has 0 fully saturated rings. The van der Waals surface area contributed by atoms with E-state index in [0.29, 0.717) is 12.1 Å². The van der Waals surface area contributed by atoms with Gasteiger partial charge in [-0.25, -0.2) is 0 Å². The highest BCUT2D eigenvalue weighted by Crippen LogP contribution is 2.24. The third-order valence-corrected chi connectivity index (χ3v) is 3.90. The van der Waals surface area contributed by atoms with Crippen LogP contribution in [0.5, 0.6) is 0 Å². The molecule has 0 aliphatic heterocycles. The number of hydrogen-bond acceptors (Lipinski definition) is 4. The molecule has 2 aromatic carbocycles. The second kappa shape index (κ2) is 7.15. The van der Waals surface area contributed by atoms with Crippen molar-refractivity contribution in [3.63, 3.8) is 0 Å². The largest absolute Gasteiger partial charge is 0.387 e. The highest BCUT2D eigenvalue weighted by molar-refractivity contribution is 5.39. The molecule has 0 bridgehead atoms. The van der Waals surface area contributed by atoms with E-state index in [9.17, 15) is 15.2 Å². The van der Waals surface area contributed by atoms with Gasteiger partial charge in [0.1, 0.15) is 0 Å². The summed E-state index contributed by atoms with van der Waals surface area (Å²) in [5.41, 5.74) is 1.59. The maximum atomic E-state index is 11.1. The first-order valence-electron chi connectivity index (χ1n) is 7.16. The molecule has 0 spiro atoms. The Kier molecular flexibility index (Phi) is 5.25. The minimum Gasteiger partial charge on any atom is -0.387 e. The van der Waals surface area contributed by atoms with Crippen LogP contribution in [0.3, 0.4) is 0 Å². The number of aliphatic hydroxyl groups is 1. The first-order chi connectivity index (χ1) is 10.5. The fourth-order valence-electron chi connectivity index (χ4n) is 2.41. The van der Waals surface area contributed by atoms with Gasteiger partial charge >= 0.3 is 0 Å². The van der Waals surface area contributed by atoms with E-state index in [1.54, 1.807) is 18.2 Å². The van der Waals surface area contributed by atoms with Gasteiger partial charge in [0.15, 0.2) is 0 Å². The van der Waals surface area contributed by atoms with Gasteiger partial charge in [-0.2, -0.15) is 0 Å². The number of aliphatic hydroxyl groups excluding tert-OH is 1. The SMILES string of the molecule is CC(C(O)c1ccccc1)N(C)Cc1ccccc1[N+](=O)[O-]. The normalized spacial score (nSPS) is 13.8. The van der Waals surface area contributed by atoms with Crippen molar-refractivity contribution in [1.29, 1.82) is 0 Å². The Morgan fingerprint density at radius 1 is 1.14 bits per heavy atom. The zero-order valence-electron chi connectivity index (χ0n) is 12.7. The molecule has 0 saturated heterocycles. The van der Waals surface area contributed by atoms with Crippen LogP contribution in [0.15, 0.2) is 54.6 Å². The standard InChI is InChI=1S/C17H20N2O3/c1-13(17(20)14-8-4-3-5-9-14)18(2)12-15-10-6-7-11-16(15)19(21)22/h3-11,13,17,20H,12H2,1-2H3. The predicted molar refractivity (Wildman–Crippen MR) is 85.4 cm³/mol. The Balaban J connectivity index is 2.12. The van der Waals surface area contributed by atoms with E-state index in [0.717, 1.165) is 5.56 Å². The molecule has 2 unspecified atom stereocenters. The molecule has 0 saturated carbocycles. The van der Waals surface area contributed by atoms with Crippen molar-refractivity contribution in [2.45, 2.75) is 25.6 Å². The molecule has 22 heavy (non-hydrogen) atoms. The number of benzene rings is 2. The number of nitro benzene ring substituents is 1. The maximum absolute atomic E-state index is 11.1. The summed E-state index contributed by atoms with van der Waals surface area (Å²) in [5.74, 6) is 0. The van der Waals surface area contributed by atoms with Crippen LogP contribution in [0, 0.1) is 10.1 Å². The molecule has 1 N–H and O–H groups in total. The number of para-hydroxylation sites is 1.